The Morgan fingerprint density at radius 1 is 0.933 bits per heavy atom. The van der Waals surface area contributed by atoms with Gasteiger partial charge in [0.25, 0.3) is 0 Å². The van der Waals surface area contributed by atoms with Gasteiger partial charge in [0.05, 0.1) is 0 Å². The lowest BCUT2D eigenvalue weighted by Gasteiger charge is -1.96. The minimum absolute atomic E-state index is 0.256. The fraction of sp³-hybridized carbons (Fsp3) is 0. The largest absolute Gasteiger partial charge is 0.502 e. The van der Waals surface area contributed by atoms with Crippen molar-refractivity contribution in [2.24, 2.45) is 0 Å². The summed E-state index contributed by atoms with van der Waals surface area (Å²) in [5.41, 5.74) is 0.814. The minimum Gasteiger partial charge on any atom is -0.502 e. The maximum absolute atomic E-state index is 9.81. The number of pyridine rings is 1. The second-order valence-corrected chi connectivity index (χ2v) is 3.20. The van der Waals surface area contributed by atoms with Crippen LogP contribution in [0.2, 0.25) is 0 Å². The van der Waals surface area contributed by atoms with E-state index in [1.54, 1.807) is 6.20 Å². The molecule has 0 atom stereocenters. The minimum atomic E-state index is 0.256. The number of aromatic nitrogens is 1. The average Bonchev–Trinajstić information content (AvgIpc) is 2.31. The zero-order valence-electron chi connectivity index (χ0n) is 8.25. The highest BCUT2D eigenvalue weighted by Crippen LogP contribution is 2.09. The maximum atomic E-state index is 9.81. The molecule has 74 valence electrons. The van der Waals surface area contributed by atoms with Gasteiger partial charge in [0.15, 0.2) is 18.2 Å². The molecular weight excluding hydrogens is 186 g/mol. The molecule has 0 aliphatic carbocycles. The highest BCUT2D eigenvalue weighted by atomic mass is 16.3. The average molecular weight is 198 g/mol. The van der Waals surface area contributed by atoms with Crippen LogP contribution in [0.4, 0.5) is 0 Å². The van der Waals surface area contributed by atoms with Crippen molar-refractivity contribution in [2.45, 2.75) is 0 Å². The standard InChI is InChI=1S/C13H11NO/c15-13(12-7-3-1-4-8-12)11-14-9-5-2-6-10-14/h1-11H/p+1/b13-11-. The molecule has 0 amide bonds. The summed E-state index contributed by atoms with van der Waals surface area (Å²) in [6.07, 6.45) is 5.42. The molecule has 1 N–H and O–H groups in total. The van der Waals surface area contributed by atoms with Crippen LogP contribution in [0.15, 0.2) is 60.9 Å². The number of rotatable bonds is 2. The predicted octanol–water partition coefficient (Wildman–Crippen LogP) is 2.49. The molecule has 2 nitrogen and oxygen atoms in total. The van der Waals surface area contributed by atoms with Crippen molar-refractivity contribution in [3.63, 3.8) is 0 Å². The van der Waals surface area contributed by atoms with Crippen LogP contribution in [0.1, 0.15) is 5.56 Å². The first kappa shape index (κ1) is 9.46. The monoisotopic (exact) mass is 198 g/mol. The van der Waals surface area contributed by atoms with E-state index in [0.717, 1.165) is 5.56 Å². The summed E-state index contributed by atoms with van der Waals surface area (Å²) in [7, 11) is 0. The number of aliphatic hydroxyl groups excluding tert-OH is 1. The van der Waals surface area contributed by atoms with Gasteiger partial charge < -0.3 is 5.11 Å². The molecule has 15 heavy (non-hydrogen) atoms. The molecule has 0 aliphatic heterocycles. The zero-order valence-corrected chi connectivity index (χ0v) is 8.25. The van der Waals surface area contributed by atoms with E-state index in [1.807, 2.05) is 65.5 Å². The lowest BCUT2D eigenvalue weighted by Crippen LogP contribution is -2.24. The van der Waals surface area contributed by atoms with Crippen LogP contribution in [0.25, 0.3) is 12.0 Å². The van der Waals surface area contributed by atoms with Crippen molar-refractivity contribution < 1.29 is 9.67 Å². The quantitative estimate of drug-likeness (QED) is 0.581. The van der Waals surface area contributed by atoms with Gasteiger partial charge in [-0.05, 0) is 0 Å². The fourth-order valence-electron chi connectivity index (χ4n) is 1.32. The van der Waals surface area contributed by atoms with Gasteiger partial charge >= 0.3 is 0 Å². The molecule has 0 unspecified atom stereocenters. The molecule has 1 aromatic heterocycles. The third-order valence-corrected chi connectivity index (χ3v) is 2.08. The summed E-state index contributed by atoms with van der Waals surface area (Å²) in [5.74, 6) is 0.256. The van der Waals surface area contributed by atoms with E-state index in [4.69, 9.17) is 0 Å². The third kappa shape index (κ3) is 2.44. The zero-order chi connectivity index (χ0) is 10.5. The Bertz CT molecular complexity index is 448. The fourth-order valence-corrected chi connectivity index (χ4v) is 1.32. The molecule has 0 aliphatic rings. The molecule has 0 spiro atoms. The Labute approximate surface area is 88.8 Å². The summed E-state index contributed by atoms with van der Waals surface area (Å²) >= 11 is 0. The molecule has 0 saturated carbocycles. The number of hydrogen-bond donors (Lipinski definition) is 1. The van der Waals surface area contributed by atoms with Crippen LogP contribution in [0.3, 0.4) is 0 Å². The SMILES string of the molecule is O/C(=C\[n+]1ccccc1)c1ccccc1. The first-order chi connectivity index (χ1) is 7.36. The van der Waals surface area contributed by atoms with E-state index >= 15 is 0 Å². The maximum Gasteiger partial charge on any atom is 0.216 e. The molecule has 0 radical (unpaired) electrons. The predicted molar refractivity (Wildman–Crippen MR) is 59.9 cm³/mol. The highest BCUT2D eigenvalue weighted by Gasteiger charge is 2.01. The van der Waals surface area contributed by atoms with E-state index in [2.05, 4.69) is 0 Å². The molecule has 0 bridgehead atoms. The Hall–Kier alpha value is -2.09. The van der Waals surface area contributed by atoms with Crippen LogP contribution < -0.4 is 4.57 Å². The topological polar surface area (TPSA) is 24.1 Å². The summed E-state index contributed by atoms with van der Waals surface area (Å²) in [6.45, 7) is 0. The summed E-state index contributed by atoms with van der Waals surface area (Å²) < 4.78 is 1.81. The van der Waals surface area contributed by atoms with Crippen molar-refractivity contribution in [3.05, 3.63) is 66.5 Å². The number of aliphatic hydroxyl groups is 1. The van der Waals surface area contributed by atoms with Crippen LogP contribution in [0, 0.1) is 0 Å². The molecule has 1 heterocycles. The Balaban J connectivity index is 2.29. The van der Waals surface area contributed by atoms with Gasteiger partial charge in [0, 0.05) is 17.7 Å². The van der Waals surface area contributed by atoms with E-state index < -0.39 is 0 Å². The van der Waals surface area contributed by atoms with Gasteiger partial charge in [0.2, 0.25) is 6.20 Å². The van der Waals surface area contributed by atoms with Gasteiger partial charge in [-0.15, -0.1) is 0 Å². The van der Waals surface area contributed by atoms with Crippen molar-refractivity contribution in [3.8, 4) is 0 Å². The molecule has 1 aromatic carbocycles. The van der Waals surface area contributed by atoms with E-state index in [1.165, 1.54) is 0 Å². The summed E-state index contributed by atoms with van der Waals surface area (Å²) in [5, 5.41) is 9.81. The second kappa shape index (κ2) is 4.42. The molecule has 0 saturated heterocycles. The van der Waals surface area contributed by atoms with Gasteiger partial charge in [-0.25, -0.2) is 0 Å². The highest BCUT2D eigenvalue weighted by molar-refractivity contribution is 5.65. The van der Waals surface area contributed by atoms with E-state index in [-0.39, 0.29) is 5.76 Å². The van der Waals surface area contributed by atoms with Gasteiger partial charge in [-0.2, -0.15) is 4.57 Å². The van der Waals surface area contributed by atoms with Crippen molar-refractivity contribution >= 4 is 12.0 Å². The van der Waals surface area contributed by atoms with Gasteiger partial charge in [0.1, 0.15) is 0 Å². The van der Waals surface area contributed by atoms with Gasteiger partial charge in [-0.1, -0.05) is 36.4 Å². The summed E-state index contributed by atoms with van der Waals surface area (Å²) in [4.78, 5) is 0. The lowest BCUT2D eigenvalue weighted by atomic mass is 10.2. The molecule has 2 aromatic rings. The van der Waals surface area contributed by atoms with Crippen molar-refractivity contribution in [1.82, 2.24) is 0 Å². The van der Waals surface area contributed by atoms with Gasteiger partial charge in [-0.3, -0.25) is 0 Å². The Morgan fingerprint density at radius 2 is 1.53 bits per heavy atom. The normalized spacial score (nSPS) is 11.3. The molecule has 0 fully saturated rings. The van der Waals surface area contributed by atoms with Crippen LogP contribution >= 0.6 is 0 Å². The first-order valence-corrected chi connectivity index (χ1v) is 4.78. The first-order valence-electron chi connectivity index (χ1n) is 4.78. The van der Waals surface area contributed by atoms with Crippen LogP contribution in [0.5, 0.6) is 0 Å². The van der Waals surface area contributed by atoms with E-state index in [9.17, 15) is 5.11 Å². The molecule has 2 rings (SSSR count). The second-order valence-electron chi connectivity index (χ2n) is 3.20. The van der Waals surface area contributed by atoms with E-state index in [0.29, 0.717) is 0 Å². The molecule has 2 heteroatoms. The molecular formula is C13H12NO+. The van der Waals surface area contributed by atoms with Crippen LogP contribution in [-0.2, 0) is 0 Å². The van der Waals surface area contributed by atoms with Crippen LogP contribution in [-0.4, -0.2) is 5.11 Å². The number of hydrogen-bond acceptors (Lipinski definition) is 1. The smallest absolute Gasteiger partial charge is 0.216 e. The number of benzene rings is 1. The lowest BCUT2D eigenvalue weighted by molar-refractivity contribution is -0.568. The van der Waals surface area contributed by atoms with Crippen molar-refractivity contribution in [1.29, 1.82) is 0 Å². The third-order valence-electron chi connectivity index (χ3n) is 2.08. The number of nitrogens with zero attached hydrogens (tertiary/aromatic N) is 1. The van der Waals surface area contributed by atoms with Crippen molar-refractivity contribution in [2.75, 3.05) is 0 Å². The Kier molecular flexibility index (Phi) is 2.79. The summed E-state index contributed by atoms with van der Waals surface area (Å²) in [6, 6.07) is 15.2. The Morgan fingerprint density at radius 3 is 2.20 bits per heavy atom.